The Labute approximate surface area is 173 Å². The van der Waals surface area contributed by atoms with Gasteiger partial charge in [-0.15, -0.1) is 10.2 Å². The van der Waals surface area contributed by atoms with Gasteiger partial charge in [-0.1, -0.05) is 24.3 Å². The minimum Gasteiger partial charge on any atom is -0.351 e. The summed E-state index contributed by atoms with van der Waals surface area (Å²) in [6.07, 6.45) is 2.05. The fourth-order valence-corrected chi connectivity index (χ4v) is 4.00. The van der Waals surface area contributed by atoms with E-state index in [4.69, 9.17) is 0 Å². The molecule has 0 spiro atoms. The van der Waals surface area contributed by atoms with E-state index in [1.165, 1.54) is 12.1 Å². The predicted molar refractivity (Wildman–Crippen MR) is 113 cm³/mol. The first-order valence-electron chi connectivity index (χ1n) is 10.2. The van der Waals surface area contributed by atoms with Crippen LogP contribution in [0.2, 0.25) is 0 Å². The van der Waals surface area contributed by atoms with E-state index in [1.807, 2.05) is 29.2 Å². The van der Waals surface area contributed by atoms with Crippen molar-refractivity contribution in [3.63, 3.8) is 0 Å². The van der Waals surface area contributed by atoms with Gasteiger partial charge in [0.2, 0.25) is 5.91 Å². The maximum atomic E-state index is 12.3. The molecule has 0 bridgehead atoms. The summed E-state index contributed by atoms with van der Waals surface area (Å²) in [5.41, 5.74) is 1.54. The number of nitro groups is 1. The monoisotopic (exact) mass is 403 g/mol. The van der Waals surface area contributed by atoms with Crippen molar-refractivity contribution < 1.29 is 9.72 Å². The quantitative estimate of drug-likeness (QED) is 0.490. The maximum absolute atomic E-state index is 12.3. The second-order valence-corrected chi connectivity index (χ2v) is 7.81. The minimum atomic E-state index is -0.412. The van der Waals surface area contributed by atoms with E-state index in [0.29, 0.717) is 24.7 Å². The third kappa shape index (κ3) is 3.34. The maximum Gasteiger partial charge on any atom is 0.269 e. The second-order valence-electron chi connectivity index (χ2n) is 7.81. The number of amides is 1. The van der Waals surface area contributed by atoms with Crippen molar-refractivity contribution >= 4 is 28.2 Å². The van der Waals surface area contributed by atoms with Crippen molar-refractivity contribution in [2.24, 2.45) is 5.92 Å². The molecule has 3 aromatic rings. The highest BCUT2D eigenvalue weighted by Crippen LogP contribution is 2.34. The molecule has 30 heavy (non-hydrogen) atoms. The summed E-state index contributed by atoms with van der Waals surface area (Å²) < 4.78 is 0. The molecule has 0 atom stereocenters. The number of benzene rings is 2. The third-order valence-electron chi connectivity index (χ3n) is 5.84. The number of fused-ring (bicyclic) bond motifs is 1. The molecule has 1 saturated heterocycles. The Morgan fingerprint density at radius 2 is 1.60 bits per heavy atom. The lowest BCUT2D eigenvalue weighted by atomic mass is 10.0. The number of carbonyl (C=O) groups excluding carboxylic acids is 1. The van der Waals surface area contributed by atoms with Crippen LogP contribution in [0.5, 0.6) is 0 Å². The van der Waals surface area contributed by atoms with Crippen molar-refractivity contribution in [3.8, 4) is 11.3 Å². The summed E-state index contributed by atoms with van der Waals surface area (Å²) in [6, 6.07) is 14.3. The van der Waals surface area contributed by atoms with E-state index in [1.54, 1.807) is 12.1 Å². The normalized spacial score (nSPS) is 16.7. The Bertz CT molecular complexity index is 1120. The van der Waals surface area contributed by atoms with Crippen LogP contribution in [0.25, 0.3) is 22.0 Å². The summed E-state index contributed by atoms with van der Waals surface area (Å²) in [6.45, 7) is 2.87. The molecule has 2 aromatic carbocycles. The van der Waals surface area contributed by atoms with Crippen molar-refractivity contribution in [1.82, 2.24) is 15.1 Å². The number of nitro benzene ring substituents is 1. The summed E-state index contributed by atoms with van der Waals surface area (Å²) in [4.78, 5) is 27.0. The molecule has 0 radical (unpaired) electrons. The SMILES string of the molecule is O=C(C1CC1)N1CCN(c2nnc(-c3ccc([N+](=O)[O-])cc3)c3ccccc23)CC1. The van der Waals surface area contributed by atoms with Crippen LogP contribution >= 0.6 is 0 Å². The van der Waals surface area contributed by atoms with Gasteiger partial charge in [0.1, 0.15) is 5.69 Å². The Morgan fingerprint density at radius 3 is 2.23 bits per heavy atom. The molecule has 8 nitrogen and oxygen atoms in total. The molecule has 1 saturated carbocycles. The highest BCUT2D eigenvalue weighted by molar-refractivity contribution is 6.00. The van der Waals surface area contributed by atoms with Gasteiger partial charge < -0.3 is 9.80 Å². The summed E-state index contributed by atoms with van der Waals surface area (Å²) in [5.74, 6) is 1.35. The van der Waals surface area contributed by atoms with Crippen LogP contribution in [0, 0.1) is 16.0 Å². The summed E-state index contributed by atoms with van der Waals surface area (Å²) in [7, 11) is 0. The molecule has 1 aromatic heterocycles. The lowest BCUT2D eigenvalue weighted by Gasteiger charge is -2.35. The smallest absolute Gasteiger partial charge is 0.269 e. The number of nitrogens with zero attached hydrogens (tertiary/aromatic N) is 5. The second kappa shape index (κ2) is 7.37. The Kier molecular flexibility index (Phi) is 4.54. The number of hydrogen-bond acceptors (Lipinski definition) is 6. The number of carbonyl (C=O) groups is 1. The van der Waals surface area contributed by atoms with Crippen molar-refractivity contribution in [2.75, 3.05) is 31.1 Å². The van der Waals surface area contributed by atoms with E-state index < -0.39 is 4.92 Å². The molecular formula is C22H21N5O3. The van der Waals surface area contributed by atoms with Gasteiger partial charge in [-0.05, 0) is 25.0 Å². The van der Waals surface area contributed by atoms with Crippen LogP contribution in [0.15, 0.2) is 48.5 Å². The van der Waals surface area contributed by atoms with Gasteiger partial charge in [0.25, 0.3) is 5.69 Å². The standard InChI is InChI=1S/C22H21N5O3/c28-22(16-5-6-16)26-13-11-25(12-14-26)21-19-4-2-1-3-18(19)20(23-24-21)15-7-9-17(10-8-15)27(29)30/h1-4,7-10,16H,5-6,11-14H2. The molecule has 2 aliphatic rings. The van der Waals surface area contributed by atoms with Gasteiger partial charge in [0, 0.05) is 60.6 Å². The number of rotatable bonds is 4. The minimum absolute atomic E-state index is 0.0475. The van der Waals surface area contributed by atoms with E-state index in [-0.39, 0.29) is 11.6 Å². The number of non-ortho nitro benzene ring substituents is 1. The zero-order valence-electron chi connectivity index (χ0n) is 16.4. The van der Waals surface area contributed by atoms with Crippen LogP contribution in [-0.4, -0.2) is 52.1 Å². The average Bonchev–Trinajstić information content (AvgIpc) is 3.64. The van der Waals surface area contributed by atoms with Crippen LogP contribution < -0.4 is 4.90 Å². The largest absolute Gasteiger partial charge is 0.351 e. The van der Waals surface area contributed by atoms with Crippen LogP contribution in [0.4, 0.5) is 11.5 Å². The molecule has 2 fully saturated rings. The fraction of sp³-hybridized carbons (Fsp3) is 0.318. The number of aromatic nitrogens is 2. The van der Waals surface area contributed by atoms with Crippen molar-refractivity contribution in [3.05, 3.63) is 58.6 Å². The number of piperazine rings is 1. The number of hydrogen-bond donors (Lipinski definition) is 0. The molecule has 1 aliphatic carbocycles. The zero-order chi connectivity index (χ0) is 20.7. The molecule has 152 valence electrons. The van der Waals surface area contributed by atoms with E-state index in [2.05, 4.69) is 15.1 Å². The molecule has 1 aliphatic heterocycles. The lowest BCUT2D eigenvalue weighted by Crippen LogP contribution is -2.49. The van der Waals surface area contributed by atoms with Gasteiger partial charge >= 0.3 is 0 Å². The number of anilines is 1. The van der Waals surface area contributed by atoms with Gasteiger partial charge in [-0.2, -0.15) is 0 Å². The molecular weight excluding hydrogens is 382 g/mol. The molecule has 8 heteroatoms. The molecule has 2 heterocycles. The molecule has 0 unspecified atom stereocenters. The topological polar surface area (TPSA) is 92.5 Å². The first-order valence-corrected chi connectivity index (χ1v) is 10.2. The van der Waals surface area contributed by atoms with Crippen molar-refractivity contribution in [1.29, 1.82) is 0 Å². The van der Waals surface area contributed by atoms with Gasteiger partial charge in [0.05, 0.1) is 4.92 Å². The summed E-state index contributed by atoms with van der Waals surface area (Å²) in [5, 5.41) is 21.9. The van der Waals surface area contributed by atoms with Crippen LogP contribution in [0.3, 0.4) is 0 Å². The molecule has 5 rings (SSSR count). The zero-order valence-corrected chi connectivity index (χ0v) is 16.4. The molecule has 0 N–H and O–H groups in total. The van der Waals surface area contributed by atoms with E-state index in [0.717, 1.165) is 48.1 Å². The lowest BCUT2D eigenvalue weighted by molar-refractivity contribution is -0.384. The van der Waals surface area contributed by atoms with Gasteiger partial charge in [-0.25, -0.2) is 0 Å². The van der Waals surface area contributed by atoms with Crippen LogP contribution in [0.1, 0.15) is 12.8 Å². The first-order chi connectivity index (χ1) is 14.6. The van der Waals surface area contributed by atoms with Gasteiger partial charge in [-0.3, -0.25) is 14.9 Å². The average molecular weight is 403 g/mol. The Morgan fingerprint density at radius 1 is 0.933 bits per heavy atom. The summed E-state index contributed by atoms with van der Waals surface area (Å²) >= 11 is 0. The Hall–Kier alpha value is -3.55. The van der Waals surface area contributed by atoms with Crippen molar-refractivity contribution in [2.45, 2.75) is 12.8 Å². The highest BCUT2D eigenvalue weighted by Gasteiger charge is 2.35. The Balaban J connectivity index is 1.44. The van der Waals surface area contributed by atoms with Crippen LogP contribution in [-0.2, 0) is 4.79 Å². The first kappa shape index (κ1) is 18.5. The van der Waals surface area contributed by atoms with E-state index in [9.17, 15) is 14.9 Å². The fourth-order valence-electron chi connectivity index (χ4n) is 4.00. The molecule has 1 amide bonds. The van der Waals surface area contributed by atoms with Gasteiger partial charge in [0.15, 0.2) is 5.82 Å². The third-order valence-corrected chi connectivity index (χ3v) is 5.84. The van der Waals surface area contributed by atoms with E-state index >= 15 is 0 Å². The highest BCUT2D eigenvalue weighted by atomic mass is 16.6. The predicted octanol–water partition coefficient (Wildman–Crippen LogP) is 3.26.